The third-order valence-electron chi connectivity index (χ3n) is 3.38. The summed E-state index contributed by atoms with van der Waals surface area (Å²) in [5.41, 5.74) is 0.769. The van der Waals surface area contributed by atoms with Gasteiger partial charge < -0.3 is 4.98 Å². The quantitative estimate of drug-likeness (QED) is 0.816. The number of nitrogens with zero attached hydrogens (tertiary/aromatic N) is 1. The Morgan fingerprint density at radius 3 is 2.50 bits per heavy atom. The first-order valence-corrected chi connectivity index (χ1v) is 5.78. The maximum Gasteiger partial charge on any atom is 0.461 e. The molecule has 2 nitrogen and oxygen atoms in total. The molecule has 0 amide bonds. The van der Waals surface area contributed by atoms with E-state index in [0.29, 0.717) is 30.1 Å². The standard InChI is InChI=1S/C11H13F5N2/c1-2-6-3-4-7-8(5-6)18-9(17-7)10(12,13)11(14,15)16/h6H,2-5H2,1H3,(H,17,18). The Kier molecular flexibility index (Phi) is 3.11. The topological polar surface area (TPSA) is 28.7 Å². The molecular weight excluding hydrogens is 255 g/mol. The summed E-state index contributed by atoms with van der Waals surface area (Å²) >= 11 is 0. The molecule has 0 radical (unpaired) electrons. The van der Waals surface area contributed by atoms with Crippen LogP contribution >= 0.6 is 0 Å². The van der Waals surface area contributed by atoms with Crippen molar-refractivity contribution in [2.45, 2.75) is 44.7 Å². The summed E-state index contributed by atoms with van der Waals surface area (Å²) in [6.45, 7) is 1.97. The number of fused-ring (bicyclic) bond motifs is 1. The largest absolute Gasteiger partial charge is 0.461 e. The van der Waals surface area contributed by atoms with Crippen molar-refractivity contribution in [3.8, 4) is 0 Å². The van der Waals surface area contributed by atoms with E-state index in [1.807, 2.05) is 6.92 Å². The maximum absolute atomic E-state index is 13.1. The molecule has 0 spiro atoms. The highest BCUT2D eigenvalue weighted by atomic mass is 19.4. The van der Waals surface area contributed by atoms with Gasteiger partial charge in [-0.2, -0.15) is 22.0 Å². The Labute approximate surface area is 101 Å². The minimum absolute atomic E-state index is 0.324. The summed E-state index contributed by atoms with van der Waals surface area (Å²) in [4.78, 5) is 5.60. The number of nitrogens with one attached hydrogen (secondary N) is 1. The predicted octanol–water partition coefficient (Wildman–Crippen LogP) is 3.58. The number of aromatic amines is 1. The fraction of sp³-hybridized carbons (Fsp3) is 0.727. The second kappa shape index (κ2) is 4.20. The SMILES string of the molecule is CCC1CCc2nc(C(F)(F)C(F)(F)F)[nH]c2C1. The lowest BCUT2D eigenvalue weighted by atomic mass is 9.88. The van der Waals surface area contributed by atoms with Crippen molar-refractivity contribution < 1.29 is 22.0 Å². The second-order valence-electron chi connectivity index (χ2n) is 4.60. The molecule has 102 valence electrons. The smallest absolute Gasteiger partial charge is 0.340 e. The summed E-state index contributed by atoms with van der Waals surface area (Å²) in [5, 5.41) is 0. The van der Waals surface area contributed by atoms with E-state index in [4.69, 9.17) is 0 Å². The molecule has 0 fully saturated rings. The third kappa shape index (κ3) is 2.10. The summed E-state index contributed by atoms with van der Waals surface area (Å²) in [7, 11) is 0. The number of hydrogen-bond donors (Lipinski definition) is 1. The average Bonchev–Trinajstić information content (AvgIpc) is 2.70. The zero-order valence-electron chi connectivity index (χ0n) is 9.74. The summed E-state index contributed by atoms with van der Waals surface area (Å²) in [6.07, 6.45) is -3.00. The molecule has 0 saturated heterocycles. The molecule has 0 aliphatic heterocycles. The van der Waals surface area contributed by atoms with E-state index in [9.17, 15) is 22.0 Å². The van der Waals surface area contributed by atoms with Gasteiger partial charge in [-0.05, 0) is 25.2 Å². The van der Waals surface area contributed by atoms with Gasteiger partial charge in [-0.25, -0.2) is 4.98 Å². The lowest BCUT2D eigenvalue weighted by Crippen LogP contribution is -2.34. The monoisotopic (exact) mass is 268 g/mol. The summed E-state index contributed by atoms with van der Waals surface area (Å²) in [6, 6.07) is 0. The Morgan fingerprint density at radius 1 is 1.28 bits per heavy atom. The number of halogens is 5. The Hall–Kier alpha value is -1.14. The first kappa shape index (κ1) is 13.3. The molecule has 7 heteroatoms. The van der Waals surface area contributed by atoms with E-state index in [0.717, 1.165) is 12.8 Å². The minimum Gasteiger partial charge on any atom is -0.340 e. The molecule has 18 heavy (non-hydrogen) atoms. The van der Waals surface area contributed by atoms with Gasteiger partial charge in [0.1, 0.15) is 0 Å². The van der Waals surface area contributed by atoms with Crippen LogP contribution in [0, 0.1) is 5.92 Å². The predicted molar refractivity (Wildman–Crippen MR) is 54.3 cm³/mol. The molecule has 1 aromatic rings. The normalized spacial score (nSPS) is 20.9. The third-order valence-corrected chi connectivity index (χ3v) is 3.38. The lowest BCUT2D eigenvalue weighted by molar-refractivity contribution is -0.292. The van der Waals surface area contributed by atoms with Crippen LogP contribution in [0.5, 0.6) is 0 Å². The lowest BCUT2D eigenvalue weighted by Gasteiger charge is -2.19. The molecule has 1 aliphatic carbocycles. The van der Waals surface area contributed by atoms with Crippen molar-refractivity contribution in [1.29, 1.82) is 0 Å². The van der Waals surface area contributed by atoms with Crippen molar-refractivity contribution in [3.63, 3.8) is 0 Å². The number of alkyl halides is 5. The molecule has 0 bridgehead atoms. The molecule has 1 aromatic heterocycles. The van der Waals surface area contributed by atoms with Crippen LogP contribution < -0.4 is 0 Å². The molecule has 2 rings (SSSR count). The molecule has 1 N–H and O–H groups in total. The Morgan fingerprint density at radius 2 is 1.94 bits per heavy atom. The van der Waals surface area contributed by atoms with Crippen molar-refractivity contribution in [3.05, 3.63) is 17.2 Å². The molecule has 1 unspecified atom stereocenters. The number of aryl methyl sites for hydroxylation is 1. The van der Waals surface area contributed by atoms with Gasteiger partial charge >= 0.3 is 12.1 Å². The number of rotatable bonds is 2. The van der Waals surface area contributed by atoms with Crippen LogP contribution in [-0.2, 0) is 18.8 Å². The van der Waals surface area contributed by atoms with Gasteiger partial charge in [0.05, 0.1) is 5.69 Å². The van der Waals surface area contributed by atoms with Crippen LogP contribution in [0.15, 0.2) is 0 Å². The van der Waals surface area contributed by atoms with Gasteiger partial charge in [-0.1, -0.05) is 13.3 Å². The van der Waals surface area contributed by atoms with Gasteiger partial charge in [0.15, 0.2) is 5.82 Å². The van der Waals surface area contributed by atoms with Gasteiger partial charge in [0, 0.05) is 5.69 Å². The van der Waals surface area contributed by atoms with Crippen molar-refractivity contribution in [2.24, 2.45) is 5.92 Å². The van der Waals surface area contributed by atoms with Crippen molar-refractivity contribution >= 4 is 0 Å². The fourth-order valence-corrected chi connectivity index (χ4v) is 2.18. The van der Waals surface area contributed by atoms with Gasteiger partial charge in [0.2, 0.25) is 0 Å². The first-order valence-electron chi connectivity index (χ1n) is 5.78. The molecule has 1 atom stereocenters. The average molecular weight is 268 g/mol. The zero-order chi connectivity index (χ0) is 13.6. The van der Waals surface area contributed by atoms with E-state index < -0.39 is 17.9 Å². The molecule has 0 saturated carbocycles. The number of aromatic nitrogens is 2. The number of imidazole rings is 1. The molecular formula is C11H13F5N2. The minimum atomic E-state index is -5.61. The summed E-state index contributed by atoms with van der Waals surface area (Å²) in [5.74, 6) is -5.87. The Bertz CT molecular complexity index is 435. The van der Waals surface area contributed by atoms with E-state index in [-0.39, 0.29) is 0 Å². The number of H-pyrrole nitrogens is 1. The maximum atomic E-state index is 13.1. The summed E-state index contributed by atoms with van der Waals surface area (Å²) < 4.78 is 62.9. The van der Waals surface area contributed by atoms with Gasteiger partial charge in [0.25, 0.3) is 0 Å². The van der Waals surface area contributed by atoms with Crippen molar-refractivity contribution in [2.75, 3.05) is 0 Å². The van der Waals surface area contributed by atoms with Crippen LogP contribution in [0.4, 0.5) is 22.0 Å². The first-order chi connectivity index (χ1) is 8.25. The fourth-order valence-electron chi connectivity index (χ4n) is 2.18. The van der Waals surface area contributed by atoms with E-state index in [1.54, 1.807) is 0 Å². The van der Waals surface area contributed by atoms with E-state index in [2.05, 4.69) is 9.97 Å². The van der Waals surface area contributed by atoms with Crippen molar-refractivity contribution in [1.82, 2.24) is 9.97 Å². The van der Waals surface area contributed by atoms with E-state index in [1.165, 1.54) is 0 Å². The van der Waals surface area contributed by atoms with Crippen LogP contribution in [0.25, 0.3) is 0 Å². The van der Waals surface area contributed by atoms with Crippen LogP contribution in [0.2, 0.25) is 0 Å². The number of hydrogen-bond acceptors (Lipinski definition) is 1. The second-order valence-corrected chi connectivity index (χ2v) is 4.60. The van der Waals surface area contributed by atoms with Gasteiger partial charge in [-0.15, -0.1) is 0 Å². The zero-order valence-corrected chi connectivity index (χ0v) is 9.74. The molecule has 1 aliphatic rings. The highest BCUT2D eigenvalue weighted by Crippen LogP contribution is 2.43. The van der Waals surface area contributed by atoms with Crippen LogP contribution in [0.1, 0.15) is 37.0 Å². The van der Waals surface area contributed by atoms with Crippen LogP contribution in [0.3, 0.4) is 0 Å². The van der Waals surface area contributed by atoms with Gasteiger partial charge in [-0.3, -0.25) is 0 Å². The Balaban J connectivity index is 2.31. The molecule has 0 aromatic carbocycles. The highest BCUT2D eigenvalue weighted by molar-refractivity contribution is 5.21. The van der Waals surface area contributed by atoms with Crippen LogP contribution in [-0.4, -0.2) is 16.1 Å². The molecule has 1 heterocycles. The van der Waals surface area contributed by atoms with E-state index >= 15 is 0 Å². The highest BCUT2D eigenvalue weighted by Gasteiger charge is 2.61.